The van der Waals surface area contributed by atoms with Crippen molar-refractivity contribution in [2.24, 2.45) is 0 Å². The predicted molar refractivity (Wildman–Crippen MR) is 78.7 cm³/mol. The van der Waals surface area contributed by atoms with Crippen molar-refractivity contribution in [3.63, 3.8) is 0 Å². The van der Waals surface area contributed by atoms with Crippen LogP contribution in [0.15, 0.2) is 18.2 Å². The molecular weight excluding hydrogens is 289 g/mol. The molecule has 18 heavy (non-hydrogen) atoms. The maximum Gasteiger partial charge on any atom is 0.203 e. The van der Waals surface area contributed by atoms with Gasteiger partial charge in [0.2, 0.25) is 5.13 Å². The summed E-state index contributed by atoms with van der Waals surface area (Å²) in [5.41, 5.74) is 0.786. The molecule has 0 atom stereocenters. The van der Waals surface area contributed by atoms with E-state index in [1.807, 2.05) is 0 Å². The van der Waals surface area contributed by atoms with E-state index in [2.05, 4.69) is 35.4 Å². The molecule has 96 valence electrons. The van der Waals surface area contributed by atoms with Crippen LogP contribution >= 0.6 is 34.7 Å². The summed E-state index contributed by atoms with van der Waals surface area (Å²) in [6.45, 7) is 6.22. The molecule has 0 spiro atoms. The Balaban J connectivity index is 2.29. The van der Waals surface area contributed by atoms with Gasteiger partial charge in [0.25, 0.3) is 0 Å². The lowest BCUT2D eigenvalue weighted by Gasteiger charge is -2.18. The maximum atomic E-state index is 5.96. The Labute approximate surface area is 120 Å². The van der Waals surface area contributed by atoms with Crippen molar-refractivity contribution in [3.8, 4) is 11.4 Å². The summed E-state index contributed by atoms with van der Waals surface area (Å²) in [6.07, 6.45) is 0. The zero-order valence-corrected chi connectivity index (χ0v) is 12.6. The molecule has 0 radical (unpaired) electrons. The number of hydrogen-bond donors (Lipinski definition) is 1. The number of benzene rings is 1. The molecule has 1 heterocycles. The highest BCUT2D eigenvalue weighted by molar-refractivity contribution is 7.09. The van der Waals surface area contributed by atoms with Crippen LogP contribution < -0.4 is 5.32 Å². The van der Waals surface area contributed by atoms with Gasteiger partial charge in [-0.1, -0.05) is 23.2 Å². The van der Waals surface area contributed by atoms with Crippen molar-refractivity contribution in [2.45, 2.75) is 26.3 Å². The quantitative estimate of drug-likeness (QED) is 0.872. The summed E-state index contributed by atoms with van der Waals surface area (Å²) in [5, 5.41) is 5.23. The number of nitrogens with zero attached hydrogens (tertiary/aromatic N) is 2. The van der Waals surface area contributed by atoms with Crippen LogP contribution in [-0.4, -0.2) is 14.9 Å². The van der Waals surface area contributed by atoms with Gasteiger partial charge >= 0.3 is 0 Å². The Bertz CT molecular complexity index is 540. The second-order valence-electron chi connectivity index (χ2n) is 4.96. The number of anilines is 1. The molecule has 0 saturated heterocycles. The third-order valence-electron chi connectivity index (χ3n) is 2.03. The number of halogens is 2. The fourth-order valence-corrected chi connectivity index (χ4v) is 2.72. The first-order valence-corrected chi connectivity index (χ1v) is 6.95. The second-order valence-corrected chi connectivity index (χ2v) is 6.58. The van der Waals surface area contributed by atoms with Gasteiger partial charge in [-0.15, -0.1) is 0 Å². The third kappa shape index (κ3) is 3.57. The minimum atomic E-state index is -0.0389. The van der Waals surface area contributed by atoms with Gasteiger partial charge in [-0.2, -0.15) is 9.36 Å². The van der Waals surface area contributed by atoms with Crippen LogP contribution in [0.1, 0.15) is 20.8 Å². The van der Waals surface area contributed by atoms with Crippen molar-refractivity contribution in [1.29, 1.82) is 0 Å². The van der Waals surface area contributed by atoms with Crippen molar-refractivity contribution in [3.05, 3.63) is 28.2 Å². The molecule has 6 heteroatoms. The fraction of sp³-hybridized carbons (Fsp3) is 0.333. The number of aromatic nitrogens is 2. The van der Waals surface area contributed by atoms with E-state index < -0.39 is 0 Å². The van der Waals surface area contributed by atoms with E-state index >= 15 is 0 Å². The molecule has 3 nitrogen and oxygen atoms in total. The first-order chi connectivity index (χ1) is 8.33. The summed E-state index contributed by atoms with van der Waals surface area (Å²) in [4.78, 5) is 4.43. The summed E-state index contributed by atoms with van der Waals surface area (Å²) in [7, 11) is 0. The zero-order chi connectivity index (χ0) is 13.3. The smallest absolute Gasteiger partial charge is 0.203 e. The van der Waals surface area contributed by atoms with Gasteiger partial charge < -0.3 is 5.32 Å². The molecule has 0 aliphatic carbocycles. The molecule has 1 aromatic carbocycles. The molecule has 0 fully saturated rings. The number of nitrogens with one attached hydrogen (secondary N) is 1. The van der Waals surface area contributed by atoms with E-state index in [0.717, 1.165) is 10.7 Å². The highest BCUT2D eigenvalue weighted by Crippen LogP contribution is 2.28. The molecule has 2 aromatic rings. The Hall–Kier alpha value is -0.840. The SMILES string of the molecule is CC(C)(C)Nc1nc(-c2cc(Cl)cc(Cl)c2)ns1. The van der Waals surface area contributed by atoms with Crippen LogP contribution in [0.25, 0.3) is 11.4 Å². The molecule has 0 amide bonds. The van der Waals surface area contributed by atoms with Crippen LogP contribution in [0.3, 0.4) is 0 Å². The van der Waals surface area contributed by atoms with Crippen LogP contribution in [0.4, 0.5) is 5.13 Å². The highest BCUT2D eigenvalue weighted by Gasteiger charge is 2.14. The molecule has 2 rings (SSSR count). The van der Waals surface area contributed by atoms with Gasteiger partial charge in [-0.25, -0.2) is 0 Å². The van der Waals surface area contributed by atoms with Crippen LogP contribution in [0.5, 0.6) is 0 Å². The van der Waals surface area contributed by atoms with Crippen LogP contribution in [0, 0.1) is 0 Å². The van der Waals surface area contributed by atoms with E-state index in [-0.39, 0.29) is 5.54 Å². The molecule has 0 aliphatic rings. The van der Waals surface area contributed by atoms with Gasteiger partial charge in [0, 0.05) is 32.7 Å². The van der Waals surface area contributed by atoms with Gasteiger partial charge in [0.15, 0.2) is 5.82 Å². The monoisotopic (exact) mass is 301 g/mol. The molecule has 1 N–H and O–H groups in total. The van der Waals surface area contributed by atoms with E-state index in [4.69, 9.17) is 23.2 Å². The average molecular weight is 302 g/mol. The average Bonchev–Trinajstić information content (AvgIpc) is 2.61. The Kier molecular flexibility index (Phi) is 3.80. The lowest BCUT2D eigenvalue weighted by atomic mass is 10.1. The van der Waals surface area contributed by atoms with Crippen molar-refractivity contribution >= 4 is 39.9 Å². The fourth-order valence-electron chi connectivity index (χ4n) is 1.40. The van der Waals surface area contributed by atoms with Crippen molar-refractivity contribution in [2.75, 3.05) is 5.32 Å². The lowest BCUT2D eigenvalue weighted by molar-refractivity contribution is 0.633. The van der Waals surface area contributed by atoms with Crippen molar-refractivity contribution in [1.82, 2.24) is 9.36 Å². The maximum absolute atomic E-state index is 5.96. The predicted octanol–water partition coefficient (Wildman–Crippen LogP) is 4.72. The minimum absolute atomic E-state index is 0.0389. The zero-order valence-electron chi connectivity index (χ0n) is 10.3. The molecule has 0 unspecified atom stereocenters. The summed E-state index contributed by atoms with van der Waals surface area (Å²) >= 11 is 13.2. The van der Waals surface area contributed by atoms with Crippen LogP contribution in [-0.2, 0) is 0 Å². The molecular formula is C12H13Cl2N3S. The minimum Gasteiger partial charge on any atom is -0.356 e. The van der Waals surface area contributed by atoms with Gasteiger partial charge in [-0.05, 0) is 39.0 Å². The summed E-state index contributed by atoms with van der Waals surface area (Å²) in [5.74, 6) is 0.635. The second kappa shape index (κ2) is 5.03. The highest BCUT2D eigenvalue weighted by atomic mass is 35.5. The number of rotatable bonds is 2. The van der Waals surface area contributed by atoms with E-state index in [9.17, 15) is 0 Å². The molecule has 0 bridgehead atoms. The Morgan fingerprint density at radius 3 is 2.28 bits per heavy atom. The van der Waals surface area contributed by atoms with Gasteiger partial charge in [0.05, 0.1) is 0 Å². The molecule has 1 aromatic heterocycles. The third-order valence-corrected chi connectivity index (χ3v) is 3.10. The summed E-state index contributed by atoms with van der Waals surface area (Å²) < 4.78 is 4.30. The largest absolute Gasteiger partial charge is 0.356 e. The van der Waals surface area contributed by atoms with Crippen LogP contribution in [0.2, 0.25) is 10.0 Å². The standard InChI is InChI=1S/C12H13Cl2N3S/c1-12(2,3)16-11-15-10(17-18-11)7-4-8(13)6-9(14)5-7/h4-6H,1-3H3,(H,15,16,17). The molecule has 0 aliphatic heterocycles. The van der Waals surface area contributed by atoms with Crippen molar-refractivity contribution < 1.29 is 0 Å². The molecule has 0 saturated carbocycles. The first kappa shape index (κ1) is 13.6. The van der Waals surface area contributed by atoms with Gasteiger partial charge in [0.1, 0.15) is 0 Å². The number of hydrogen-bond acceptors (Lipinski definition) is 4. The Morgan fingerprint density at radius 1 is 1.11 bits per heavy atom. The van der Waals surface area contributed by atoms with Gasteiger partial charge in [-0.3, -0.25) is 0 Å². The topological polar surface area (TPSA) is 37.8 Å². The van der Waals surface area contributed by atoms with E-state index in [1.165, 1.54) is 11.5 Å². The normalized spacial score (nSPS) is 11.6. The summed E-state index contributed by atoms with van der Waals surface area (Å²) in [6, 6.07) is 5.29. The lowest BCUT2D eigenvalue weighted by Crippen LogP contribution is -2.25. The van der Waals surface area contributed by atoms with E-state index in [1.54, 1.807) is 18.2 Å². The first-order valence-electron chi connectivity index (χ1n) is 5.42. The Morgan fingerprint density at radius 2 is 1.72 bits per heavy atom. The van der Waals surface area contributed by atoms with E-state index in [0.29, 0.717) is 15.9 Å².